The Morgan fingerprint density at radius 3 is 2.59 bits per heavy atom. The maximum Gasteiger partial charge on any atom is 0.266 e. The smallest absolute Gasteiger partial charge is 0.266 e. The molecular formula is C20H16F2N6O. The fourth-order valence-corrected chi connectivity index (χ4v) is 3.36. The first-order valence-electron chi connectivity index (χ1n) is 8.68. The molecule has 3 heterocycles. The quantitative estimate of drug-likeness (QED) is 0.732. The summed E-state index contributed by atoms with van der Waals surface area (Å²) < 4.78 is 27.8. The van der Waals surface area contributed by atoms with Gasteiger partial charge in [0.15, 0.2) is 11.5 Å². The molecule has 2 aromatic heterocycles. The number of guanidine groups is 1. The molecule has 7 nitrogen and oxygen atoms in total. The number of aliphatic imine (C=N–C) groups is 1. The van der Waals surface area contributed by atoms with Gasteiger partial charge in [-0.2, -0.15) is 10.2 Å². The number of nitrogens with zero attached hydrogens (tertiary/aromatic N) is 5. The Morgan fingerprint density at radius 2 is 1.93 bits per heavy atom. The minimum atomic E-state index is -1.60. The van der Waals surface area contributed by atoms with Crippen LogP contribution in [-0.4, -0.2) is 39.0 Å². The van der Waals surface area contributed by atoms with E-state index in [2.05, 4.69) is 20.2 Å². The maximum atomic E-state index is 14.6. The molecule has 2 N–H and O–H groups in total. The van der Waals surface area contributed by atoms with E-state index in [4.69, 9.17) is 5.73 Å². The summed E-state index contributed by atoms with van der Waals surface area (Å²) in [5.41, 5.74) is 6.06. The van der Waals surface area contributed by atoms with Gasteiger partial charge in [0.1, 0.15) is 12.5 Å². The van der Waals surface area contributed by atoms with E-state index < -0.39 is 23.9 Å². The zero-order chi connectivity index (χ0) is 20.6. The van der Waals surface area contributed by atoms with Gasteiger partial charge in [0, 0.05) is 41.7 Å². The summed E-state index contributed by atoms with van der Waals surface area (Å²) in [6, 6.07) is 7.34. The van der Waals surface area contributed by atoms with Crippen LogP contribution in [0.5, 0.6) is 0 Å². The molecule has 0 radical (unpaired) electrons. The van der Waals surface area contributed by atoms with E-state index in [0.717, 1.165) is 0 Å². The highest BCUT2D eigenvalue weighted by molar-refractivity contribution is 6.09. The second-order valence-corrected chi connectivity index (χ2v) is 6.59. The lowest BCUT2D eigenvalue weighted by atomic mass is 9.82. The van der Waals surface area contributed by atoms with Gasteiger partial charge in [0.2, 0.25) is 0 Å². The standard InChI is InChI=1S/C20H16F2N6O/c1-28-18(29)20(27-19(28)23,15-6-12(8-21)9-24-11-15)14-2-3-17(22)16(7-14)13-4-5-25-26-10-13/h2-7,9-11H,8H2,1H3,(H2,23,27). The van der Waals surface area contributed by atoms with E-state index in [1.54, 1.807) is 6.07 Å². The van der Waals surface area contributed by atoms with Crippen molar-refractivity contribution in [1.82, 2.24) is 20.1 Å². The molecule has 1 aliphatic rings. The minimum absolute atomic E-state index is 0.00268. The first kappa shape index (κ1) is 18.6. The van der Waals surface area contributed by atoms with Crippen LogP contribution in [0, 0.1) is 5.82 Å². The summed E-state index contributed by atoms with van der Waals surface area (Å²) in [5, 5.41) is 7.47. The lowest BCUT2D eigenvalue weighted by Crippen LogP contribution is -2.41. The third-order valence-corrected chi connectivity index (χ3v) is 4.89. The number of likely N-dealkylation sites (N-methyl/N-ethyl adjacent to an activating group) is 1. The van der Waals surface area contributed by atoms with E-state index in [-0.39, 0.29) is 11.5 Å². The molecule has 0 saturated heterocycles. The van der Waals surface area contributed by atoms with Crippen molar-refractivity contribution in [3.05, 3.63) is 77.6 Å². The van der Waals surface area contributed by atoms with E-state index in [1.165, 1.54) is 61.0 Å². The second-order valence-electron chi connectivity index (χ2n) is 6.59. The van der Waals surface area contributed by atoms with E-state index in [9.17, 15) is 13.6 Å². The molecule has 0 bridgehead atoms. The Bertz CT molecular complexity index is 1120. The van der Waals surface area contributed by atoms with Crippen LogP contribution >= 0.6 is 0 Å². The number of amides is 1. The number of hydrogen-bond donors (Lipinski definition) is 1. The van der Waals surface area contributed by atoms with Crippen LogP contribution in [0.15, 0.2) is 60.1 Å². The van der Waals surface area contributed by atoms with Crippen LogP contribution in [0.3, 0.4) is 0 Å². The summed E-state index contributed by atoms with van der Waals surface area (Å²) in [7, 11) is 1.49. The highest BCUT2D eigenvalue weighted by Gasteiger charge is 2.50. The predicted octanol–water partition coefficient (Wildman–Crippen LogP) is 2.18. The zero-order valence-corrected chi connectivity index (χ0v) is 15.4. The minimum Gasteiger partial charge on any atom is -0.369 e. The molecule has 1 aliphatic heterocycles. The normalized spacial score (nSPS) is 18.8. The van der Waals surface area contributed by atoms with Gasteiger partial charge >= 0.3 is 0 Å². The Morgan fingerprint density at radius 1 is 1.10 bits per heavy atom. The number of halogens is 2. The highest BCUT2D eigenvalue weighted by atomic mass is 19.1. The molecule has 146 valence electrons. The van der Waals surface area contributed by atoms with Crippen LogP contribution in [-0.2, 0) is 17.0 Å². The van der Waals surface area contributed by atoms with Crippen LogP contribution in [0.25, 0.3) is 11.1 Å². The number of benzene rings is 1. The van der Waals surface area contributed by atoms with Crippen molar-refractivity contribution in [3.63, 3.8) is 0 Å². The van der Waals surface area contributed by atoms with Gasteiger partial charge in [-0.1, -0.05) is 6.07 Å². The number of nitrogens with two attached hydrogens (primary N) is 1. The van der Waals surface area contributed by atoms with Crippen molar-refractivity contribution >= 4 is 11.9 Å². The number of carbonyl (C=O) groups is 1. The lowest BCUT2D eigenvalue weighted by Gasteiger charge is -2.26. The van der Waals surface area contributed by atoms with E-state index >= 15 is 0 Å². The van der Waals surface area contributed by atoms with Crippen molar-refractivity contribution in [2.45, 2.75) is 12.2 Å². The van der Waals surface area contributed by atoms with Crippen LogP contribution in [0.2, 0.25) is 0 Å². The molecule has 1 atom stereocenters. The molecule has 3 aromatic rings. The molecular weight excluding hydrogens is 378 g/mol. The fraction of sp³-hybridized carbons (Fsp3) is 0.150. The summed E-state index contributed by atoms with van der Waals surface area (Å²) in [5.74, 6) is -0.946. The van der Waals surface area contributed by atoms with Gasteiger partial charge < -0.3 is 5.73 Å². The number of alkyl halides is 1. The molecule has 0 saturated carbocycles. The van der Waals surface area contributed by atoms with E-state index in [1.807, 2.05) is 0 Å². The van der Waals surface area contributed by atoms with Crippen LogP contribution in [0.1, 0.15) is 16.7 Å². The van der Waals surface area contributed by atoms with Gasteiger partial charge in [0.05, 0.1) is 12.4 Å². The SMILES string of the molecule is CN1C(=O)C(c2cncc(CF)c2)(c2ccc(F)c(-c3ccnnc3)c2)N=C1N. The lowest BCUT2D eigenvalue weighted by molar-refractivity contribution is -0.129. The number of aromatic nitrogens is 3. The van der Waals surface area contributed by atoms with Gasteiger partial charge in [-0.15, -0.1) is 0 Å². The van der Waals surface area contributed by atoms with Gasteiger partial charge in [-0.3, -0.25) is 14.7 Å². The van der Waals surface area contributed by atoms with Gasteiger partial charge in [-0.05, 0) is 29.8 Å². The van der Waals surface area contributed by atoms with Crippen molar-refractivity contribution in [2.75, 3.05) is 7.05 Å². The molecule has 4 rings (SSSR count). The topological polar surface area (TPSA) is 97.4 Å². The van der Waals surface area contributed by atoms with Crippen molar-refractivity contribution in [3.8, 4) is 11.1 Å². The van der Waals surface area contributed by atoms with Gasteiger partial charge in [0.25, 0.3) is 5.91 Å². The van der Waals surface area contributed by atoms with Crippen molar-refractivity contribution in [1.29, 1.82) is 0 Å². The number of carbonyl (C=O) groups excluding carboxylic acids is 1. The monoisotopic (exact) mass is 394 g/mol. The van der Waals surface area contributed by atoms with Gasteiger partial charge in [-0.25, -0.2) is 13.8 Å². The number of pyridine rings is 1. The summed E-state index contributed by atoms with van der Waals surface area (Å²) in [6.07, 6.45) is 5.66. The van der Waals surface area contributed by atoms with Crippen molar-refractivity contribution < 1.29 is 13.6 Å². The summed E-state index contributed by atoms with van der Waals surface area (Å²) in [4.78, 5) is 22.9. The first-order chi connectivity index (χ1) is 14.0. The average molecular weight is 394 g/mol. The Labute approximate surface area is 164 Å². The third-order valence-electron chi connectivity index (χ3n) is 4.89. The Hall–Kier alpha value is -3.75. The second kappa shape index (κ2) is 7.01. The number of hydrogen-bond acceptors (Lipinski definition) is 6. The molecule has 29 heavy (non-hydrogen) atoms. The van der Waals surface area contributed by atoms with Crippen molar-refractivity contribution in [2.24, 2.45) is 10.7 Å². The molecule has 0 spiro atoms. The van der Waals surface area contributed by atoms with E-state index in [0.29, 0.717) is 22.3 Å². The third kappa shape index (κ3) is 2.91. The zero-order valence-electron chi connectivity index (χ0n) is 15.4. The molecule has 9 heteroatoms. The Balaban J connectivity index is 1.98. The molecule has 0 aliphatic carbocycles. The summed E-state index contributed by atoms with van der Waals surface area (Å²) >= 11 is 0. The van der Waals surface area contributed by atoms with Crippen LogP contribution in [0.4, 0.5) is 8.78 Å². The molecule has 0 fully saturated rings. The molecule has 1 unspecified atom stereocenters. The summed E-state index contributed by atoms with van der Waals surface area (Å²) in [6.45, 7) is -0.752. The number of rotatable bonds is 4. The first-order valence-corrected chi connectivity index (χ1v) is 8.68. The fourth-order valence-electron chi connectivity index (χ4n) is 3.36. The maximum absolute atomic E-state index is 14.6. The average Bonchev–Trinajstić information content (AvgIpc) is 2.99. The highest BCUT2D eigenvalue weighted by Crippen LogP contribution is 2.41. The molecule has 1 aromatic carbocycles. The largest absolute Gasteiger partial charge is 0.369 e. The predicted molar refractivity (Wildman–Crippen MR) is 102 cm³/mol. The van der Waals surface area contributed by atoms with Crippen LogP contribution < -0.4 is 5.73 Å². The molecule has 1 amide bonds. The Kier molecular flexibility index (Phi) is 4.50.